The van der Waals surface area contributed by atoms with Gasteiger partial charge in [-0.25, -0.2) is 4.79 Å². The van der Waals surface area contributed by atoms with Crippen molar-refractivity contribution in [1.29, 1.82) is 0 Å². The second-order valence-electron chi connectivity index (χ2n) is 6.27. The first-order chi connectivity index (χ1) is 12.5. The van der Waals surface area contributed by atoms with Crippen LogP contribution in [0.4, 0.5) is 4.79 Å². The minimum Gasteiger partial charge on any atom is -0.480 e. The number of carbonyl (C=O) groups excluding carboxylic acids is 1. The van der Waals surface area contributed by atoms with Crippen LogP contribution in [0.3, 0.4) is 0 Å². The molecule has 2 aromatic rings. The Labute approximate surface area is 159 Å². The van der Waals surface area contributed by atoms with E-state index in [0.717, 1.165) is 15.6 Å². The average molecular weight is 419 g/mol. The van der Waals surface area contributed by atoms with E-state index in [-0.39, 0.29) is 19.7 Å². The molecule has 0 saturated carbocycles. The van der Waals surface area contributed by atoms with Crippen molar-refractivity contribution >= 4 is 28.0 Å². The van der Waals surface area contributed by atoms with E-state index in [0.29, 0.717) is 6.54 Å². The van der Waals surface area contributed by atoms with Gasteiger partial charge >= 0.3 is 12.1 Å². The molecule has 0 bridgehead atoms. The normalized spacial score (nSPS) is 15.2. The molecule has 1 fully saturated rings. The standard InChI is InChI=1S/C19H19BrN2O4/c20-16-8-4-7-15(9-16)10-21-19(17(23)24)12-22(13-19)18(25)26-11-14-5-2-1-3-6-14/h1-9,21H,10-13H2,(H,23,24). The molecule has 1 aliphatic heterocycles. The molecule has 0 unspecified atom stereocenters. The third kappa shape index (κ3) is 4.23. The van der Waals surface area contributed by atoms with Crippen molar-refractivity contribution in [2.45, 2.75) is 18.7 Å². The van der Waals surface area contributed by atoms with Gasteiger partial charge in [0, 0.05) is 11.0 Å². The zero-order valence-electron chi connectivity index (χ0n) is 14.0. The summed E-state index contributed by atoms with van der Waals surface area (Å²) < 4.78 is 6.18. The van der Waals surface area contributed by atoms with Crippen LogP contribution in [0.2, 0.25) is 0 Å². The van der Waals surface area contributed by atoms with Gasteiger partial charge in [-0.3, -0.25) is 10.1 Å². The van der Waals surface area contributed by atoms with Gasteiger partial charge in [-0.2, -0.15) is 0 Å². The number of rotatable bonds is 6. The Kier molecular flexibility index (Phi) is 5.58. The Bertz CT molecular complexity index is 791. The maximum absolute atomic E-state index is 12.1. The van der Waals surface area contributed by atoms with Gasteiger partial charge in [-0.05, 0) is 23.3 Å². The molecular weight excluding hydrogens is 400 g/mol. The van der Waals surface area contributed by atoms with Crippen molar-refractivity contribution in [3.63, 3.8) is 0 Å². The van der Waals surface area contributed by atoms with E-state index in [1.165, 1.54) is 4.90 Å². The van der Waals surface area contributed by atoms with Crippen LogP contribution >= 0.6 is 15.9 Å². The number of carboxylic acids is 1. The summed E-state index contributed by atoms with van der Waals surface area (Å²) in [7, 11) is 0. The number of carbonyl (C=O) groups is 2. The quantitative estimate of drug-likeness (QED) is 0.753. The summed E-state index contributed by atoms with van der Waals surface area (Å²) in [6, 6.07) is 17.0. The van der Waals surface area contributed by atoms with Gasteiger partial charge in [-0.15, -0.1) is 0 Å². The minimum absolute atomic E-state index is 0.0734. The molecular formula is C19H19BrN2O4. The molecule has 2 aromatic carbocycles. The smallest absolute Gasteiger partial charge is 0.410 e. The number of ether oxygens (including phenoxy) is 1. The van der Waals surface area contributed by atoms with E-state index < -0.39 is 17.6 Å². The number of hydrogen-bond donors (Lipinski definition) is 2. The molecule has 1 amide bonds. The van der Waals surface area contributed by atoms with Gasteiger partial charge < -0.3 is 14.7 Å². The van der Waals surface area contributed by atoms with Crippen LogP contribution in [-0.4, -0.2) is 40.7 Å². The highest BCUT2D eigenvalue weighted by Crippen LogP contribution is 2.24. The number of carboxylic acid groups (broad SMARTS) is 1. The molecule has 2 N–H and O–H groups in total. The summed E-state index contributed by atoms with van der Waals surface area (Å²) in [5, 5.41) is 12.6. The third-order valence-electron chi connectivity index (χ3n) is 4.31. The number of amides is 1. The van der Waals surface area contributed by atoms with Gasteiger partial charge in [0.15, 0.2) is 5.54 Å². The van der Waals surface area contributed by atoms with Gasteiger partial charge in [0.1, 0.15) is 6.61 Å². The van der Waals surface area contributed by atoms with Gasteiger partial charge in [0.05, 0.1) is 13.1 Å². The van der Waals surface area contributed by atoms with Crippen molar-refractivity contribution in [2.24, 2.45) is 0 Å². The fraction of sp³-hybridized carbons (Fsp3) is 0.263. The molecule has 3 rings (SSSR count). The van der Waals surface area contributed by atoms with E-state index in [2.05, 4.69) is 21.2 Å². The predicted molar refractivity (Wildman–Crippen MR) is 99.5 cm³/mol. The first-order valence-corrected chi connectivity index (χ1v) is 8.96. The van der Waals surface area contributed by atoms with E-state index in [9.17, 15) is 14.7 Å². The van der Waals surface area contributed by atoms with Crippen LogP contribution in [0.25, 0.3) is 0 Å². The monoisotopic (exact) mass is 418 g/mol. The van der Waals surface area contributed by atoms with Crippen molar-refractivity contribution in [1.82, 2.24) is 10.2 Å². The zero-order valence-corrected chi connectivity index (χ0v) is 15.6. The van der Waals surface area contributed by atoms with Gasteiger partial charge in [-0.1, -0.05) is 58.4 Å². The average Bonchev–Trinajstić information content (AvgIpc) is 2.59. The van der Waals surface area contributed by atoms with E-state index in [1.807, 2.05) is 54.6 Å². The minimum atomic E-state index is -1.14. The number of nitrogens with zero attached hydrogens (tertiary/aromatic N) is 1. The van der Waals surface area contributed by atoms with Crippen LogP contribution in [0.5, 0.6) is 0 Å². The Balaban J connectivity index is 1.53. The Morgan fingerprint density at radius 2 is 1.81 bits per heavy atom. The Morgan fingerprint density at radius 3 is 2.46 bits per heavy atom. The lowest BCUT2D eigenvalue weighted by molar-refractivity contribution is -0.151. The molecule has 136 valence electrons. The molecule has 0 aromatic heterocycles. The maximum Gasteiger partial charge on any atom is 0.410 e. The molecule has 0 spiro atoms. The Morgan fingerprint density at radius 1 is 1.12 bits per heavy atom. The molecule has 7 heteroatoms. The highest BCUT2D eigenvalue weighted by atomic mass is 79.9. The lowest BCUT2D eigenvalue weighted by Crippen LogP contribution is -2.74. The number of benzene rings is 2. The number of nitrogens with one attached hydrogen (secondary N) is 1. The predicted octanol–water partition coefficient (Wildman–Crippen LogP) is 3.01. The van der Waals surface area contributed by atoms with Crippen molar-refractivity contribution in [3.05, 3.63) is 70.2 Å². The van der Waals surface area contributed by atoms with E-state index in [1.54, 1.807) is 0 Å². The zero-order chi connectivity index (χ0) is 18.6. The summed E-state index contributed by atoms with van der Waals surface area (Å²) in [5.74, 6) is -0.973. The fourth-order valence-corrected chi connectivity index (χ4v) is 3.23. The first kappa shape index (κ1) is 18.4. The largest absolute Gasteiger partial charge is 0.480 e. The van der Waals surface area contributed by atoms with Gasteiger partial charge in [0.2, 0.25) is 0 Å². The van der Waals surface area contributed by atoms with E-state index >= 15 is 0 Å². The van der Waals surface area contributed by atoms with Gasteiger partial charge in [0.25, 0.3) is 0 Å². The number of halogens is 1. The Hall–Kier alpha value is -2.38. The number of aliphatic carboxylic acids is 1. The molecule has 1 aliphatic rings. The van der Waals surface area contributed by atoms with Crippen LogP contribution in [-0.2, 0) is 22.7 Å². The van der Waals surface area contributed by atoms with Crippen LogP contribution in [0.15, 0.2) is 59.1 Å². The molecule has 26 heavy (non-hydrogen) atoms. The first-order valence-electron chi connectivity index (χ1n) is 8.17. The lowest BCUT2D eigenvalue weighted by Gasteiger charge is -2.46. The molecule has 0 radical (unpaired) electrons. The fourth-order valence-electron chi connectivity index (χ4n) is 2.79. The highest BCUT2D eigenvalue weighted by Gasteiger charge is 2.51. The van der Waals surface area contributed by atoms with E-state index in [4.69, 9.17) is 4.74 Å². The summed E-state index contributed by atoms with van der Waals surface area (Å²) in [4.78, 5) is 25.2. The number of hydrogen-bond acceptors (Lipinski definition) is 4. The van der Waals surface area contributed by atoms with Crippen LogP contribution in [0, 0.1) is 0 Å². The van der Waals surface area contributed by atoms with Crippen LogP contribution < -0.4 is 5.32 Å². The topological polar surface area (TPSA) is 78.9 Å². The van der Waals surface area contributed by atoms with Crippen molar-refractivity contribution in [2.75, 3.05) is 13.1 Å². The summed E-state index contributed by atoms with van der Waals surface area (Å²) in [5.41, 5.74) is 0.706. The molecule has 1 saturated heterocycles. The van der Waals surface area contributed by atoms with Crippen molar-refractivity contribution < 1.29 is 19.4 Å². The third-order valence-corrected chi connectivity index (χ3v) is 4.81. The number of likely N-dealkylation sites (tertiary alicyclic amines) is 1. The molecule has 6 nitrogen and oxygen atoms in total. The SMILES string of the molecule is O=C(OCc1ccccc1)N1CC(NCc2cccc(Br)c2)(C(=O)O)C1. The molecule has 1 heterocycles. The maximum atomic E-state index is 12.1. The summed E-state index contributed by atoms with van der Waals surface area (Å²) in [6.07, 6.45) is -0.505. The molecule has 0 aliphatic carbocycles. The summed E-state index contributed by atoms with van der Waals surface area (Å²) >= 11 is 3.39. The lowest BCUT2D eigenvalue weighted by atomic mass is 9.90. The second-order valence-corrected chi connectivity index (χ2v) is 7.18. The summed E-state index contributed by atoms with van der Waals surface area (Å²) in [6.45, 7) is 0.717. The second kappa shape index (κ2) is 7.88. The van der Waals surface area contributed by atoms with Crippen molar-refractivity contribution in [3.8, 4) is 0 Å². The van der Waals surface area contributed by atoms with Crippen LogP contribution in [0.1, 0.15) is 11.1 Å². The molecule has 0 atom stereocenters. The highest BCUT2D eigenvalue weighted by molar-refractivity contribution is 9.10.